The zero-order chi connectivity index (χ0) is 10.5. The second-order valence-electron chi connectivity index (χ2n) is 3.51. The fourth-order valence-corrected chi connectivity index (χ4v) is 1.66. The van der Waals surface area contributed by atoms with E-state index in [1.165, 1.54) is 17.4 Å². The number of allylic oxidation sites excluding steroid dienone is 4. The Bertz CT molecular complexity index is 413. The van der Waals surface area contributed by atoms with Crippen molar-refractivity contribution < 1.29 is 5.21 Å². The Balaban J connectivity index is 2.23. The maximum absolute atomic E-state index is 8.38. The zero-order valence-corrected chi connectivity index (χ0v) is 8.43. The molecule has 0 bridgehead atoms. The molecule has 0 saturated carbocycles. The van der Waals surface area contributed by atoms with Crippen molar-refractivity contribution in [2.24, 2.45) is 5.16 Å². The minimum atomic E-state index is 0.904. The van der Waals surface area contributed by atoms with Crippen LogP contribution in [0.3, 0.4) is 0 Å². The SMILES string of the molecule is O/N=C\c1ccc(C2=CCCC=C2)cc1. The second kappa shape index (κ2) is 4.60. The van der Waals surface area contributed by atoms with Crippen molar-refractivity contribution in [3.05, 3.63) is 53.6 Å². The van der Waals surface area contributed by atoms with E-state index in [-0.39, 0.29) is 0 Å². The average Bonchev–Trinajstić information content (AvgIpc) is 2.32. The molecule has 0 heterocycles. The van der Waals surface area contributed by atoms with Gasteiger partial charge in [-0.15, -0.1) is 0 Å². The molecule has 0 unspecified atom stereocenters. The number of oxime groups is 1. The number of hydrogen-bond acceptors (Lipinski definition) is 2. The largest absolute Gasteiger partial charge is 0.411 e. The smallest absolute Gasteiger partial charge is 0.0733 e. The molecule has 2 nitrogen and oxygen atoms in total. The van der Waals surface area contributed by atoms with E-state index in [9.17, 15) is 0 Å². The van der Waals surface area contributed by atoms with Crippen LogP contribution in [0.25, 0.3) is 5.57 Å². The van der Waals surface area contributed by atoms with Crippen LogP contribution in [0, 0.1) is 0 Å². The van der Waals surface area contributed by atoms with Crippen molar-refractivity contribution in [3.8, 4) is 0 Å². The Morgan fingerprint density at radius 2 is 1.93 bits per heavy atom. The molecule has 1 aromatic carbocycles. The predicted octanol–water partition coefficient (Wildman–Crippen LogP) is 3.23. The minimum absolute atomic E-state index is 0.904. The average molecular weight is 199 g/mol. The van der Waals surface area contributed by atoms with Crippen molar-refractivity contribution in [3.63, 3.8) is 0 Å². The lowest BCUT2D eigenvalue weighted by atomic mass is 9.99. The number of benzene rings is 1. The molecule has 0 spiro atoms. The number of nitrogens with zero attached hydrogens (tertiary/aromatic N) is 1. The first-order valence-electron chi connectivity index (χ1n) is 5.05. The van der Waals surface area contributed by atoms with E-state index in [4.69, 9.17) is 5.21 Å². The third kappa shape index (κ3) is 2.34. The van der Waals surface area contributed by atoms with Crippen LogP contribution >= 0.6 is 0 Å². The lowest BCUT2D eigenvalue weighted by Crippen LogP contribution is -1.87. The number of hydrogen-bond donors (Lipinski definition) is 1. The molecule has 0 fully saturated rings. The Labute approximate surface area is 89.2 Å². The van der Waals surface area contributed by atoms with Crippen molar-refractivity contribution in [1.29, 1.82) is 0 Å². The van der Waals surface area contributed by atoms with Crippen molar-refractivity contribution in [1.82, 2.24) is 0 Å². The van der Waals surface area contributed by atoms with Gasteiger partial charge in [0.2, 0.25) is 0 Å². The molecule has 15 heavy (non-hydrogen) atoms. The fraction of sp³-hybridized carbons (Fsp3) is 0.154. The lowest BCUT2D eigenvalue weighted by molar-refractivity contribution is 0.322. The van der Waals surface area contributed by atoms with Gasteiger partial charge in [0.25, 0.3) is 0 Å². The van der Waals surface area contributed by atoms with Gasteiger partial charge in [-0.3, -0.25) is 0 Å². The minimum Gasteiger partial charge on any atom is -0.411 e. The van der Waals surface area contributed by atoms with E-state index in [0.717, 1.165) is 18.4 Å². The summed E-state index contributed by atoms with van der Waals surface area (Å²) in [6.45, 7) is 0. The summed E-state index contributed by atoms with van der Waals surface area (Å²) in [5.74, 6) is 0. The summed E-state index contributed by atoms with van der Waals surface area (Å²) in [7, 11) is 0. The van der Waals surface area contributed by atoms with Gasteiger partial charge in [0.15, 0.2) is 0 Å². The predicted molar refractivity (Wildman–Crippen MR) is 62.2 cm³/mol. The van der Waals surface area contributed by atoms with Gasteiger partial charge in [-0.05, 0) is 29.5 Å². The third-order valence-corrected chi connectivity index (χ3v) is 2.45. The summed E-state index contributed by atoms with van der Waals surface area (Å²) in [5.41, 5.74) is 3.39. The lowest BCUT2D eigenvalue weighted by Gasteiger charge is -2.06. The van der Waals surface area contributed by atoms with Gasteiger partial charge in [0.05, 0.1) is 6.21 Å². The van der Waals surface area contributed by atoms with E-state index < -0.39 is 0 Å². The highest BCUT2D eigenvalue weighted by molar-refractivity contribution is 5.81. The summed E-state index contributed by atoms with van der Waals surface area (Å²) in [5, 5.41) is 11.4. The van der Waals surface area contributed by atoms with Crippen molar-refractivity contribution in [2.75, 3.05) is 0 Å². The van der Waals surface area contributed by atoms with E-state index in [1.807, 2.05) is 24.3 Å². The monoisotopic (exact) mass is 199 g/mol. The van der Waals surface area contributed by atoms with Crippen LogP contribution in [0.4, 0.5) is 0 Å². The Hall–Kier alpha value is -1.83. The maximum Gasteiger partial charge on any atom is 0.0733 e. The molecule has 0 saturated heterocycles. The van der Waals surface area contributed by atoms with Gasteiger partial charge in [0.1, 0.15) is 0 Å². The molecule has 1 aliphatic carbocycles. The van der Waals surface area contributed by atoms with Crippen LogP contribution in [-0.4, -0.2) is 11.4 Å². The molecular weight excluding hydrogens is 186 g/mol. The molecule has 0 atom stereocenters. The summed E-state index contributed by atoms with van der Waals surface area (Å²) < 4.78 is 0. The van der Waals surface area contributed by atoms with Crippen LogP contribution in [0.2, 0.25) is 0 Å². The normalized spacial score (nSPS) is 15.6. The Morgan fingerprint density at radius 3 is 2.53 bits per heavy atom. The standard InChI is InChI=1S/C13H13NO/c15-14-10-11-6-8-13(9-7-11)12-4-2-1-3-5-12/h2,4-10,15H,1,3H2/b14-10-. The van der Waals surface area contributed by atoms with Crippen molar-refractivity contribution >= 4 is 11.8 Å². The molecule has 0 aliphatic heterocycles. The summed E-state index contributed by atoms with van der Waals surface area (Å²) in [4.78, 5) is 0. The molecule has 0 amide bonds. The molecule has 1 aliphatic rings. The Kier molecular flexibility index (Phi) is 2.98. The highest BCUT2D eigenvalue weighted by atomic mass is 16.4. The van der Waals surface area contributed by atoms with E-state index >= 15 is 0 Å². The molecule has 2 rings (SSSR count). The van der Waals surface area contributed by atoms with Crippen LogP contribution in [0.5, 0.6) is 0 Å². The van der Waals surface area contributed by atoms with Crippen LogP contribution in [0.15, 0.2) is 47.6 Å². The summed E-state index contributed by atoms with van der Waals surface area (Å²) in [6.07, 6.45) is 10.3. The fourth-order valence-electron chi connectivity index (χ4n) is 1.66. The van der Waals surface area contributed by atoms with Gasteiger partial charge in [-0.25, -0.2) is 0 Å². The van der Waals surface area contributed by atoms with Gasteiger partial charge in [-0.2, -0.15) is 0 Å². The van der Waals surface area contributed by atoms with Crippen LogP contribution in [-0.2, 0) is 0 Å². The first-order valence-corrected chi connectivity index (χ1v) is 5.05. The molecule has 1 N–H and O–H groups in total. The van der Waals surface area contributed by atoms with Gasteiger partial charge < -0.3 is 5.21 Å². The topological polar surface area (TPSA) is 32.6 Å². The van der Waals surface area contributed by atoms with Crippen molar-refractivity contribution in [2.45, 2.75) is 12.8 Å². The molecule has 2 heteroatoms. The molecule has 1 aromatic rings. The summed E-state index contributed by atoms with van der Waals surface area (Å²) >= 11 is 0. The highest BCUT2D eigenvalue weighted by Crippen LogP contribution is 2.21. The van der Waals surface area contributed by atoms with E-state index in [0.29, 0.717) is 0 Å². The van der Waals surface area contributed by atoms with Gasteiger partial charge in [0, 0.05) is 0 Å². The maximum atomic E-state index is 8.38. The van der Waals surface area contributed by atoms with Crippen LogP contribution in [0.1, 0.15) is 24.0 Å². The molecule has 0 radical (unpaired) electrons. The Morgan fingerprint density at radius 1 is 1.13 bits per heavy atom. The summed E-state index contributed by atoms with van der Waals surface area (Å²) in [6, 6.07) is 7.97. The van der Waals surface area contributed by atoms with Crippen LogP contribution < -0.4 is 0 Å². The van der Waals surface area contributed by atoms with E-state index in [2.05, 4.69) is 23.4 Å². The third-order valence-electron chi connectivity index (χ3n) is 2.45. The van der Waals surface area contributed by atoms with Gasteiger partial charge >= 0.3 is 0 Å². The second-order valence-corrected chi connectivity index (χ2v) is 3.51. The molecular formula is C13H13NO. The first kappa shape index (κ1) is 9.71. The van der Waals surface area contributed by atoms with Gasteiger partial charge in [-0.1, -0.05) is 47.6 Å². The molecule has 0 aromatic heterocycles. The van der Waals surface area contributed by atoms with E-state index in [1.54, 1.807) is 0 Å². The highest BCUT2D eigenvalue weighted by Gasteiger charge is 2.00. The number of rotatable bonds is 2. The zero-order valence-electron chi connectivity index (χ0n) is 8.43. The molecule has 76 valence electrons. The quantitative estimate of drug-likeness (QED) is 0.442. The first-order chi connectivity index (χ1) is 7.40.